The topological polar surface area (TPSA) is 104 Å². The van der Waals surface area contributed by atoms with Crippen molar-refractivity contribution in [3.05, 3.63) is 11.8 Å². The van der Waals surface area contributed by atoms with E-state index in [4.69, 9.17) is 5.73 Å². The Kier molecular flexibility index (Phi) is 5.12. The molecular weight excluding hydrogens is 327 g/mol. The minimum Gasteiger partial charge on any atom is -0.355 e. The van der Waals surface area contributed by atoms with Crippen LogP contribution in [0.4, 0.5) is 16.2 Å². The number of anilines is 2. The quantitative estimate of drug-likeness (QED) is 0.705. The van der Waals surface area contributed by atoms with Gasteiger partial charge < -0.3 is 16.0 Å². The first-order valence-electron chi connectivity index (χ1n) is 8.50. The molecule has 1 saturated heterocycles. The van der Waals surface area contributed by atoms with Crippen molar-refractivity contribution >= 4 is 24.1 Å². The zero-order chi connectivity index (χ0) is 18.0. The van der Waals surface area contributed by atoms with Gasteiger partial charge >= 0.3 is 0 Å². The van der Waals surface area contributed by atoms with E-state index in [1.807, 2.05) is 0 Å². The van der Waals surface area contributed by atoms with E-state index in [2.05, 4.69) is 15.3 Å². The van der Waals surface area contributed by atoms with Crippen LogP contribution in [0.1, 0.15) is 29.6 Å². The van der Waals surface area contributed by atoms with Gasteiger partial charge in [-0.15, -0.1) is 0 Å². The van der Waals surface area contributed by atoms with Gasteiger partial charge in [0.2, 0.25) is 12.4 Å². The molecule has 2 aliphatic rings. The molecule has 0 aromatic carbocycles. The van der Waals surface area contributed by atoms with Crippen molar-refractivity contribution in [1.82, 2.24) is 15.3 Å². The number of carbonyl (C=O) groups is 2. The Morgan fingerprint density at radius 1 is 1.52 bits per heavy atom. The number of piperidine rings is 1. The number of nitrogens with two attached hydrogens (primary N) is 1. The first-order valence-corrected chi connectivity index (χ1v) is 8.50. The molecule has 25 heavy (non-hydrogen) atoms. The standard InChI is InChI=1S/C16H23FN6O2/c1-19-15(25)12-7-20-16(21-14(12)23(9-24)11-2-3-11)22-5-4-10(6-18)13(17)8-22/h7,9-11,13H,2-6,8,18H2,1H3,(H,19,25). The lowest BCUT2D eigenvalue weighted by Gasteiger charge is -2.34. The fraction of sp³-hybridized carbons (Fsp3) is 0.625. The Hall–Kier alpha value is -2.29. The molecule has 1 saturated carbocycles. The number of alkyl halides is 1. The average molecular weight is 350 g/mol. The Morgan fingerprint density at radius 2 is 2.28 bits per heavy atom. The summed E-state index contributed by atoms with van der Waals surface area (Å²) in [4.78, 5) is 35.5. The highest BCUT2D eigenvalue weighted by Gasteiger charge is 2.34. The molecule has 1 aromatic heterocycles. The third-order valence-corrected chi connectivity index (χ3v) is 4.79. The highest BCUT2D eigenvalue weighted by atomic mass is 19.1. The van der Waals surface area contributed by atoms with Crippen LogP contribution in [0.5, 0.6) is 0 Å². The number of hydrogen-bond donors (Lipinski definition) is 2. The third kappa shape index (κ3) is 3.55. The maximum absolute atomic E-state index is 14.2. The van der Waals surface area contributed by atoms with Crippen molar-refractivity contribution in [3.8, 4) is 0 Å². The van der Waals surface area contributed by atoms with Gasteiger partial charge in [0.05, 0.1) is 6.54 Å². The van der Waals surface area contributed by atoms with Gasteiger partial charge in [0.25, 0.3) is 5.91 Å². The molecule has 1 aromatic rings. The largest absolute Gasteiger partial charge is 0.355 e. The van der Waals surface area contributed by atoms with Crippen LogP contribution in [0.15, 0.2) is 6.20 Å². The van der Waals surface area contributed by atoms with E-state index in [0.29, 0.717) is 31.9 Å². The van der Waals surface area contributed by atoms with Gasteiger partial charge in [-0.2, -0.15) is 4.98 Å². The molecule has 2 amide bonds. The molecular formula is C16H23FN6O2. The van der Waals surface area contributed by atoms with Gasteiger partial charge in [-0.1, -0.05) is 0 Å². The number of amides is 2. The first kappa shape index (κ1) is 17.5. The molecule has 0 radical (unpaired) electrons. The highest BCUT2D eigenvalue weighted by Crippen LogP contribution is 2.32. The summed E-state index contributed by atoms with van der Waals surface area (Å²) in [5.74, 6) is 0.0875. The normalized spacial score (nSPS) is 23.2. The summed E-state index contributed by atoms with van der Waals surface area (Å²) in [7, 11) is 1.51. The molecule has 1 aliphatic carbocycles. The average Bonchev–Trinajstić information content (AvgIpc) is 3.46. The maximum atomic E-state index is 14.2. The molecule has 2 atom stereocenters. The molecule has 9 heteroatoms. The number of carbonyl (C=O) groups excluding carboxylic acids is 2. The number of rotatable bonds is 6. The van der Waals surface area contributed by atoms with E-state index >= 15 is 0 Å². The summed E-state index contributed by atoms with van der Waals surface area (Å²) in [5, 5.41) is 2.53. The number of aromatic nitrogens is 2. The number of halogens is 1. The maximum Gasteiger partial charge on any atom is 0.256 e. The van der Waals surface area contributed by atoms with Crippen LogP contribution in [0.3, 0.4) is 0 Å². The second-order valence-electron chi connectivity index (χ2n) is 6.48. The Bertz CT molecular complexity index is 654. The second kappa shape index (κ2) is 7.30. The molecule has 3 N–H and O–H groups in total. The lowest BCUT2D eigenvalue weighted by atomic mass is 9.95. The zero-order valence-electron chi connectivity index (χ0n) is 14.2. The van der Waals surface area contributed by atoms with Crippen molar-refractivity contribution in [3.63, 3.8) is 0 Å². The fourth-order valence-electron chi connectivity index (χ4n) is 3.07. The molecule has 2 fully saturated rings. The predicted octanol–water partition coefficient (Wildman–Crippen LogP) is 0.0845. The molecule has 8 nitrogen and oxygen atoms in total. The third-order valence-electron chi connectivity index (χ3n) is 4.79. The SMILES string of the molecule is CNC(=O)c1cnc(N2CCC(CN)C(F)C2)nc1N(C=O)C1CC1. The van der Waals surface area contributed by atoms with Gasteiger partial charge in [-0.05, 0) is 25.8 Å². The predicted molar refractivity (Wildman–Crippen MR) is 91.3 cm³/mol. The number of nitrogens with zero attached hydrogens (tertiary/aromatic N) is 4. The Morgan fingerprint density at radius 3 is 2.84 bits per heavy atom. The van der Waals surface area contributed by atoms with Gasteiger partial charge in [0, 0.05) is 31.7 Å². The minimum atomic E-state index is -1.05. The van der Waals surface area contributed by atoms with Crippen LogP contribution < -0.4 is 20.9 Å². The summed E-state index contributed by atoms with van der Waals surface area (Å²) in [6, 6.07) is 0.0561. The summed E-state index contributed by atoms with van der Waals surface area (Å²) in [6.07, 6.45) is 3.41. The Balaban J connectivity index is 1.91. The zero-order valence-corrected chi connectivity index (χ0v) is 14.2. The van der Waals surface area contributed by atoms with Crippen LogP contribution in [0, 0.1) is 5.92 Å². The highest BCUT2D eigenvalue weighted by molar-refractivity contribution is 6.00. The summed E-state index contributed by atoms with van der Waals surface area (Å²) in [5.41, 5.74) is 5.82. The monoisotopic (exact) mass is 350 g/mol. The van der Waals surface area contributed by atoms with Gasteiger partial charge in [-0.3, -0.25) is 14.5 Å². The summed E-state index contributed by atoms with van der Waals surface area (Å²) >= 11 is 0. The molecule has 0 bridgehead atoms. The summed E-state index contributed by atoms with van der Waals surface area (Å²) < 4.78 is 14.2. The van der Waals surface area contributed by atoms with E-state index in [0.717, 1.165) is 12.8 Å². The summed E-state index contributed by atoms with van der Waals surface area (Å²) in [6.45, 7) is 1.06. The van der Waals surface area contributed by atoms with Crippen molar-refractivity contribution in [2.45, 2.75) is 31.5 Å². The van der Waals surface area contributed by atoms with Crippen LogP contribution in [-0.2, 0) is 4.79 Å². The minimum absolute atomic E-state index is 0.0561. The molecule has 2 heterocycles. The van der Waals surface area contributed by atoms with Crippen LogP contribution in [0.25, 0.3) is 0 Å². The van der Waals surface area contributed by atoms with Crippen molar-refractivity contribution < 1.29 is 14.0 Å². The van der Waals surface area contributed by atoms with Gasteiger partial charge in [0.15, 0.2) is 5.82 Å². The van der Waals surface area contributed by atoms with Crippen LogP contribution in [-0.4, -0.2) is 61.2 Å². The lowest BCUT2D eigenvalue weighted by molar-refractivity contribution is -0.107. The van der Waals surface area contributed by atoms with Crippen LogP contribution >= 0.6 is 0 Å². The van der Waals surface area contributed by atoms with Crippen molar-refractivity contribution in [1.29, 1.82) is 0 Å². The van der Waals surface area contributed by atoms with Crippen molar-refractivity contribution in [2.24, 2.45) is 11.7 Å². The van der Waals surface area contributed by atoms with E-state index in [-0.39, 0.29) is 35.8 Å². The van der Waals surface area contributed by atoms with E-state index < -0.39 is 6.17 Å². The number of nitrogens with one attached hydrogen (secondary N) is 1. The van der Waals surface area contributed by atoms with E-state index in [9.17, 15) is 14.0 Å². The Labute approximate surface area is 145 Å². The van der Waals surface area contributed by atoms with Gasteiger partial charge in [0.1, 0.15) is 11.7 Å². The lowest BCUT2D eigenvalue weighted by Crippen LogP contribution is -2.45. The fourth-order valence-corrected chi connectivity index (χ4v) is 3.07. The second-order valence-corrected chi connectivity index (χ2v) is 6.48. The van der Waals surface area contributed by atoms with Crippen LogP contribution in [0.2, 0.25) is 0 Å². The molecule has 0 spiro atoms. The first-order chi connectivity index (χ1) is 12.1. The molecule has 2 unspecified atom stereocenters. The van der Waals surface area contributed by atoms with E-state index in [1.54, 1.807) is 4.90 Å². The smallest absolute Gasteiger partial charge is 0.256 e. The van der Waals surface area contributed by atoms with E-state index in [1.165, 1.54) is 18.1 Å². The van der Waals surface area contributed by atoms with Gasteiger partial charge in [-0.25, -0.2) is 9.37 Å². The molecule has 136 valence electrons. The molecule has 1 aliphatic heterocycles. The molecule has 3 rings (SSSR count). The van der Waals surface area contributed by atoms with Crippen molar-refractivity contribution in [2.75, 3.05) is 36.5 Å². The number of hydrogen-bond acceptors (Lipinski definition) is 6.